The fourth-order valence-corrected chi connectivity index (χ4v) is 3.75. The zero-order valence-corrected chi connectivity index (χ0v) is 19.3. The minimum atomic E-state index is -0.983. The van der Waals surface area contributed by atoms with Gasteiger partial charge in [-0.1, -0.05) is 64.5 Å². The van der Waals surface area contributed by atoms with Crippen LogP contribution < -0.4 is 4.72 Å². The summed E-state index contributed by atoms with van der Waals surface area (Å²) >= 11 is 3.42. The standard InChI is InChI=1S/C16H23BrN2O3S.C6H6/c1-12(13-5-7-14(17)8-6-13)19-11-9-15(22-16(19)20)4-3-10-18-23(2)21;1-2-4-6-5-3-1/h5-8,12,15,18H,3-4,9-11H2,1-2H3;1-6H. The average Bonchev–Trinajstić information content (AvgIpc) is 2.73. The molecule has 158 valence electrons. The van der Waals surface area contributed by atoms with Gasteiger partial charge in [0.05, 0.1) is 17.0 Å². The van der Waals surface area contributed by atoms with Crippen molar-refractivity contribution in [3.8, 4) is 0 Å². The van der Waals surface area contributed by atoms with Crippen LogP contribution in [0.25, 0.3) is 0 Å². The second kappa shape index (κ2) is 12.8. The summed E-state index contributed by atoms with van der Waals surface area (Å²) in [5, 5.41) is 0. The number of ether oxygens (including phenoxy) is 1. The van der Waals surface area contributed by atoms with Crippen molar-refractivity contribution in [3.63, 3.8) is 0 Å². The lowest BCUT2D eigenvalue weighted by atomic mass is 10.0. The molecule has 3 rings (SSSR count). The van der Waals surface area contributed by atoms with Gasteiger partial charge in [0.15, 0.2) is 0 Å². The molecule has 7 heteroatoms. The molecule has 0 bridgehead atoms. The van der Waals surface area contributed by atoms with Crippen LogP contribution in [0, 0.1) is 0 Å². The number of nitrogens with one attached hydrogen (secondary N) is 1. The number of hydrogen-bond acceptors (Lipinski definition) is 3. The zero-order valence-electron chi connectivity index (χ0n) is 16.9. The van der Waals surface area contributed by atoms with E-state index in [1.54, 1.807) is 11.2 Å². The summed E-state index contributed by atoms with van der Waals surface area (Å²) in [4.78, 5) is 14.0. The highest BCUT2D eigenvalue weighted by Gasteiger charge is 2.30. The number of hydrogen-bond donors (Lipinski definition) is 1. The van der Waals surface area contributed by atoms with E-state index in [9.17, 15) is 9.00 Å². The summed E-state index contributed by atoms with van der Waals surface area (Å²) in [7, 11) is -0.983. The molecular weight excluding hydrogens is 452 g/mol. The van der Waals surface area contributed by atoms with Crippen molar-refractivity contribution in [1.29, 1.82) is 0 Å². The summed E-state index contributed by atoms with van der Waals surface area (Å²) in [6, 6.07) is 20.0. The molecule has 1 aliphatic heterocycles. The normalized spacial score (nSPS) is 18.2. The minimum Gasteiger partial charge on any atom is -0.446 e. The van der Waals surface area contributed by atoms with Crippen LogP contribution in [-0.2, 0) is 15.7 Å². The van der Waals surface area contributed by atoms with Gasteiger partial charge in [-0.2, -0.15) is 0 Å². The monoisotopic (exact) mass is 480 g/mol. The molecule has 0 spiro atoms. The number of halogens is 1. The molecule has 1 amide bonds. The molecule has 1 aliphatic rings. The van der Waals surface area contributed by atoms with Crippen molar-refractivity contribution in [1.82, 2.24) is 9.62 Å². The maximum atomic E-state index is 12.3. The first-order valence-electron chi connectivity index (χ1n) is 9.77. The van der Waals surface area contributed by atoms with Crippen LogP contribution in [0.2, 0.25) is 0 Å². The maximum Gasteiger partial charge on any atom is 0.410 e. The van der Waals surface area contributed by atoms with Gasteiger partial charge in [-0.3, -0.25) is 0 Å². The molecule has 1 fully saturated rings. The molecule has 2 aromatic rings. The van der Waals surface area contributed by atoms with E-state index in [1.807, 2.05) is 67.6 Å². The molecule has 3 unspecified atom stereocenters. The largest absolute Gasteiger partial charge is 0.446 e. The summed E-state index contributed by atoms with van der Waals surface area (Å²) in [5.41, 5.74) is 1.10. The summed E-state index contributed by atoms with van der Waals surface area (Å²) in [5.74, 6) is 0. The Hall–Kier alpha value is -1.70. The Morgan fingerprint density at radius 1 is 1.17 bits per heavy atom. The van der Waals surface area contributed by atoms with E-state index in [4.69, 9.17) is 4.74 Å². The van der Waals surface area contributed by atoms with Crippen molar-refractivity contribution in [2.45, 2.75) is 38.3 Å². The van der Waals surface area contributed by atoms with E-state index in [0.717, 1.165) is 29.3 Å². The highest BCUT2D eigenvalue weighted by atomic mass is 79.9. The predicted octanol–water partition coefficient (Wildman–Crippen LogP) is 5.07. The van der Waals surface area contributed by atoms with Gasteiger partial charge < -0.3 is 9.64 Å². The fraction of sp³-hybridized carbons (Fsp3) is 0.409. The van der Waals surface area contributed by atoms with Crippen molar-refractivity contribution in [3.05, 3.63) is 70.7 Å². The molecule has 1 N–H and O–H groups in total. The number of cyclic esters (lactones) is 1. The molecule has 0 radical (unpaired) electrons. The SMILES string of the molecule is CC(c1ccc(Br)cc1)N1CCC(CCCNS(C)=O)OC1=O.c1ccccc1. The highest BCUT2D eigenvalue weighted by Crippen LogP contribution is 2.27. The summed E-state index contributed by atoms with van der Waals surface area (Å²) in [6.07, 6.45) is 3.81. The third kappa shape index (κ3) is 8.68. The van der Waals surface area contributed by atoms with Crippen LogP contribution in [-0.4, -0.2) is 40.7 Å². The van der Waals surface area contributed by atoms with Crippen LogP contribution in [0.1, 0.15) is 37.8 Å². The topological polar surface area (TPSA) is 58.6 Å². The third-order valence-corrected chi connectivity index (χ3v) is 5.83. The van der Waals surface area contributed by atoms with Gasteiger partial charge in [0, 0.05) is 30.2 Å². The predicted molar refractivity (Wildman–Crippen MR) is 122 cm³/mol. The van der Waals surface area contributed by atoms with E-state index in [2.05, 4.69) is 20.7 Å². The number of benzene rings is 2. The van der Waals surface area contributed by atoms with Crippen LogP contribution >= 0.6 is 15.9 Å². The first-order valence-corrected chi connectivity index (χ1v) is 12.1. The summed E-state index contributed by atoms with van der Waals surface area (Å²) in [6.45, 7) is 3.40. The lowest BCUT2D eigenvalue weighted by Gasteiger charge is -2.36. The zero-order chi connectivity index (χ0) is 21.1. The van der Waals surface area contributed by atoms with Gasteiger partial charge in [-0.15, -0.1) is 0 Å². The lowest BCUT2D eigenvalue weighted by Crippen LogP contribution is -2.43. The Morgan fingerprint density at radius 3 is 2.28 bits per heavy atom. The van der Waals surface area contributed by atoms with Crippen molar-refractivity contribution < 1.29 is 13.7 Å². The molecule has 0 saturated carbocycles. The Morgan fingerprint density at radius 2 is 1.76 bits per heavy atom. The van der Waals surface area contributed by atoms with Gasteiger partial charge in [0.25, 0.3) is 0 Å². The first-order chi connectivity index (χ1) is 14.0. The van der Waals surface area contributed by atoms with Crippen LogP contribution in [0.4, 0.5) is 4.79 Å². The molecule has 1 heterocycles. The van der Waals surface area contributed by atoms with Crippen LogP contribution in [0.15, 0.2) is 65.1 Å². The molecule has 3 atom stereocenters. The van der Waals surface area contributed by atoms with Crippen LogP contribution in [0.3, 0.4) is 0 Å². The van der Waals surface area contributed by atoms with Gasteiger partial charge in [-0.25, -0.2) is 13.7 Å². The minimum absolute atomic E-state index is 0.000676. The number of carbonyl (C=O) groups excluding carboxylic acids is 1. The van der Waals surface area contributed by atoms with Gasteiger partial charge in [0.2, 0.25) is 0 Å². The molecule has 0 aliphatic carbocycles. The fourth-order valence-electron chi connectivity index (χ4n) is 3.05. The second-order valence-corrected chi connectivity index (χ2v) is 8.97. The van der Waals surface area contributed by atoms with E-state index in [1.165, 1.54) is 0 Å². The molecule has 5 nitrogen and oxygen atoms in total. The lowest BCUT2D eigenvalue weighted by molar-refractivity contribution is 0.00942. The van der Waals surface area contributed by atoms with Gasteiger partial charge >= 0.3 is 6.09 Å². The number of carbonyl (C=O) groups is 1. The number of rotatable bonds is 7. The quantitative estimate of drug-likeness (QED) is 0.562. The van der Waals surface area contributed by atoms with Gasteiger partial charge in [-0.05, 0) is 37.5 Å². The van der Waals surface area contributed by atoms with E-state index in [0.29, 0.717) is 13.1 Å². The summed E-state index contributed by atoms with van der Waals surface area (Å²) < 4.78 is 20.4. The Kier molecular flexibility index (Phi) is 10.4. The van der Waals surface area contributed by atoms with E-state index < -0.39 is 11.0 Å². The van der Waals surface area contributed by atoms with Crippen molar-refractivity contribution in [2.75, 3.05) is 19.3 Å². The number of amides is 1. The first kappa shape index (κ1) is 23.6. The number of nitrogens with zero attached hydrogens (tertiary/aromatic N) is 1. The smallest absolute Gasteiger partial charge is 0.410 e. The van der Waals surface area contributed by atoms with Crippen molar-refractivity contribution >= 4 is 33.0 Å². The Labute approximate surface area is 184 Å². The van der Waals surface area contributed by atoms with E-state index in [-0.39, 0.29) is 18.2 Å². The van der Waals surface area contributed by atoms with Gasteiger partial charge in [0.1, 0.15) is 6.10 Å². The van der Waals surface area contributed by atoms with Crippen LogP contribution in [0.5, 0.6) is 0 Å². The highest BCUT2D eigenvalue weighted by molar-refractivity contribution is 9.10. The maximum absolute atomic E-state index is 12.3. The molecule has 2 aromatic carbocycles. The molecule has 29 heavy (non-hydrogen) atoms. The average molecular weight is 481 g/mol. The van der Waals surface area contributed by atoms with Crippen molar-refractivity contribution in [2.24, 2.45) is 0 Å². The third-order valence-electron chi connectivity index (χ3n) is 4.69. The Bertz CT molecular complexity index is 732. The molecular formula is C22H29BrN2O3S. The Balaban J connectivity index is 0.000000426. The molecule has 0 aromatic heterocycles. The van der Waals surface area contributed by atoms with E-state index >= 15 is 0 Å². The second-order valence-electron chi connectivity index (χ2n) is 6.86. The molecule has 1 saturated heterocycles.